The van der Waals surface area contributed by atoms with E-state index in [2.05, 4.69) is 0 Å². The Balaban J connectivity index is 3.29. The molecule has 0 heterocycles. The molecule has 0 aliphatic carbocycles. The Labute approximate surface area is 95.3 Å². The molecular formula is C7H16O7S2. The highest BCUT2D eigenvalue weighted by Crippen LogP contribution is 1.96. The Morgan fingerprint density at radius 1 is 0.750 bits per heavy atom. The van der Waals surface area contributed by atoms with Crippen molar-refractivity contribution in [1.29, 1.82) is 0 Å². The van der Waals surface area contributed by atoms with E-state index in [9.17, 15) is 16.8 Å². The van der Waals surface area contributed by atoms with E-state index in [1.54, 1.807) is 0 Å². The summed E-state index contributed by atoms with van der Waals surface area (Å²) in [5.41, 5.74) is 0. The molecule has 0 aromatic heterocycles. The van der Waals surface area contributed by atoms with E-state index in [-0.39, 0.29) is 31.0 Å². The normalized spacial score (nSPS) is 12.9. The molecule has 0 fully saturated rings. The minimum Gasteiger partial charge on any atom is -0.381 e. The molecule has 0 amide bonds. The maximum atomic E-state index is 10.3. The Morgan fingerprint density at radius 3 is 1.69 bits per heavy atom. The lowest BCUT2D eigenvalue weighted by Gasteiger charge is -2.02. The fraction of sp³-hybridized carbons (Fsp3) is 1.00. The quantitative estimate of drug-likeness (QED) is 0.447. The first-order chi connectivity index (χ1) is 7.21. The highest BCUT2D eigenvalue weighted by Gasteiger charge is 2.04. The van der Waals surface area contributed by atoms with Crippen molar-refractivity contribution in [2.45, 2.75) is 19.3 Å². The highest BCUT2D eigenvalue weighted by molar-refractivity contribution is 7.86. The van der Waals surface area contributed by atoms with Crippen LogP contribution in [-0.4, -0.2) is 50.7 Å². The maximum absolute atomic E-state index is 10.3. The van der Waals surface area contributed by atoms with E-state index in [0.717, 1.165) is 0 Å². The largest absolute Gasteiger partial charge is 0.381 e. The van der Waals surface area contributed by atoms with Crippen molar-refractivity contribution >= 4 is 20.2 Å². The van der Waals surface area contributed by atoms with Gasteiger partial charge in [-0.3, -0.25) is 9.11 Å². The van der Waals surface area contributed by atoms with Crippen LogP contribution in [0.3, 0.4) is 0 Å². The maximum Gasteiger partial charge on any atom is 0.264 e. The van der Waals surface area contributed by atoms with Crippen molar-refractivity contribution < 1.29 is 30.7 Å². The lowest BCUT2D eigenvalue weighted by Crippen LogP contribution is -2.08. The first-order valence-corrected chi connectivity index (χ1v) is 7.90. The summed E-state index contributed by atoms with van der Waals surface area (Å²) >= 11 is 0. The molecule has 0 aliphatic rings. The average molecular weight is 276 g/mol. The van der Waals surface area contributed by atoms with E-state index in [1.807, 2.05) is 0 Å². The third kappa shape index (κ3) is 13.8. The standard InChI is InChI=1S/C7H16O7S2/c8-15(9,10)6-2-1-4-14-5-3-7-16(11,12)13/h1-7H2,(H,8,9,10)(H,11,12,13). The highest BCUT2D eigenvalue weighted by atomic mass is 32.2. The fourth-order valence-corrected chi connectivity index (χ4v) is 1.99. The summed E-state index contributed by atoms with van der Waals surface area (Å²) in [4.78, 5) is 0. The van der Waals surface area contributed by atoms with Crippen molar-refractivity contribution in [3.05, 3.63) is 0 Å². The molecule has 2 N–H and O–H groups in total. The second kappa shape index (κ2) is 7.17. The second-order valence-corrected chi connectivity index (χ2v) is 6.39. The molecule has 9 heteroatoms. The first kappa shape index (κ1) is 15.8. The van der Waals surface area contributed by atoms with Crippen LogP contribution >= 0.6 is 0 Å². The molecule has 0 saturated carbocycles. The van der Waals surface area contributed by atoms with Crippen LogP contribution in [0.5, 0.6) is 0 Å². The van der Waals surface area contributed by atoms with Gasteiger partial charge in [-0.15, -0.1) is 0 Å². The number of rotatable bonds is 9. The summed E-state index contributed by atoms with van der Waals surface area (Å²) in [6.07, 6.45) is 0.944. The zero-order valence-electron chi connectivity index (χ0n) is 8.70. The van der Waals surface area contributed by atoms with E-state index in [1.165, 1.54) is 0 Å². The first-order valence-electron chi connectivity index (χ1n) is 4.69. The van der Waals surface area contributed by atoms with Crippen LogP contribution in [-0.2, 0) is 25.0 Å². The smallest absolute Gasteiger partial charge is 0.264 e. The van der Waals surface area contributed by atoms with Gasteiger partial charge in [-0.05, 0) is 19.3 Å². The van der Waals surface area contributed by atoms with Gasteiger partial charge in [-0.25, -0.2) is 0 Å². The molecule has 0 rings (SSSR count). The predicted molar refractivity (Wildman–Crippen MR) is 57.5 cm³/mol. The van der Waals surface area contributed by atoms with Gasteiger partial charge in [0.25, 0.3) is 20.2 Å². The summed E-state index contributed by atoms with van der Waals surface area (Å²) in [7, 11) is -7.84. The van der Waals surface area contributed by atoms with E-state index < -0.39 is 20.2 Å². The van der Waals surface area contributed by atoms with Gasteiger partial charge in [-0.1, -0.05) is 0 Å². The molecule has 0 aliphatic heterocycles. The fourth-order valence-electron chi connectivity index (χ4n) is 0.934. The monoisotopic (exact) mass is 276 g/mol. The molecule has 16 heavy (non-hydrogen) atoms. The molecule has 0 bridgehead atoms. The molecule has 98 valence electrons. The van der Waals surface area contributed by atoms with Gasteiger partial charge in [-0.2, -0.15) is 16.8 Å². The third-order valence-electron chi connectivity index (χ3n) is 1.63. The van der Waals surface area contributed by atoms with Gasteiger partial charge >= 0.3 is 0 Å². The lowest BCUT2D eigenvalue weighted by atomic mass is 10.4. The lowest BCUT2D eigenvalue weighted by molar-refractivity contribution is 0.132. The molecule has 0 spiro atoms. The Kier molecular flexibility index (Phi) is 7.07. The molecule has 0 saturated heterocycles. The molecule has 7 nitrogen and oxygen atoms in total. The summed E-state index contributed by atoms with van der Waals surface area (Å²) in [5, 5.41) is 0. The molecular weight excluding hydrogens is 260 g/mol. The molecule has 0 aromatic rings. The summed E-state index contributed by atoms with van der Waals surface area (Å²) in [5.74, 6) is -0.653. The van der Waals surface area contributed by atoms with Crippen LogP contribution in [0.15, 0.2) is 0 Å². The molecule has 0 radical (unpaired) electrons. The van der Waals surface area contributed by atoms with Gasteiger partial charge in [0.15, 0.2) is 0 Å². The van der Waals surface area contributed by atoms with Gasteiger partial charge in [0, 0.05) is 13.2 Å². The van der Waals surface area contributed by atoms with Crippen LogP contribution in [0.2, 0.25) is 0 Å². The number of ether oxygens (including phenoxy) is 1. The topological polar surface area (TPSA) is 118 Å². The number of hydrogen-bond acceptors (Lipinski definition) is 5. The van der Waals surface area contributed by atoms with Gasteiger partial charge < -0.3 is 4.74 Å². The van der Waals surface area contributed by atoms with Gasteiger partial charge in [0.1, 0.15) is 0 Å². The number of hydrogen-bond donors (Lipinski definition) is 2. The summed E-state index contributed by atoms with van der Waals surface area (Å²) in [6.45, 7) is 0.479. The van der Waals surface area contributed by atoms with Crippen molar-refractivity contribution in [1.82, 2.24) is 0 Å². The van der Waals surface area contributed by atoms with Crippen LogP contribution < -0.4 is 0 Å². The minimum absolute atomic E-state index is 0.186. The summed E-state index contributed by atoms with van der Waals surface area (Å²) in [6, 6.07) is 0. The van der Waals surface area contributed by atoms with Crippen LogP contribution in [0.1, 0.15) is 19.3 Å². The van der Waals surface area contributed by atoms with Crippen LogP contribution in [0.25, 0.3) is 0 Å². The molecule has 0 unspecified atom stereocenters. The molecule has 0 aromatic carbocycles. The number of unbranched alkanes of at least 4 members (excludes halogenated alkanes) is 1. The van der Waals surface area contributed by atoms with Gasteiger partial charge in [0.2, 0.25) is 0 Å². The van der Waals surface area contributed by atoms with Crippen LogP contribution in [0.4, 0.5) is 0 Å². The zero-order valence-corrected chi connectivity index (χ0v) is 10.3. The van der Waals surface area contributed by atoms with Crippen molar-refractivity contribution in [2.75, 3.05) is 24.7 Å². The van der Waals surface area contributed by atoms with Crippen LogP contribution in [0, 0.1) is 0 Å². The Bertz CT molecular complexity index is 332. The summed E-state index contributed by atoms with van der Waals surface area (Å²) < 4.78 is 62.9. The second-order valence-electron chi connectivity index (χ2n) is 3.25. The van der Waals surface area contributed by atoms with E-state index >= 15 is 0 Å². The SMILES string of the molecule is O=S(=O)(O)CCCCOCCCS(=O)(=O)O. The van der Waals surface area contributed by atoms with Crippen molar-refractivity contribution in [3.63, 3.8) is 0 Å². The Morgan fingerprint density at radius 2 is 1.19 bits per heavy atom. The van der Waals surface area contributed by atoms with Gasteiger partial charge in [0.05, 0.1) is 11.5 Å². The average Bonchev–Trinajstić information content (AvgIpc) is 2.06. The predicted octanol–water partition coefficient (Wildman–Crippen LogP) is -0.0511. The van der Waals surface area contributed by atoms with E-state index in [0.29, 0.717) is 13.0 Å². The van der Waals surface area contributed by atoms with E-state index in [4.69, 9.17) is 13.8 Å². The van der Waals surface area contributed by atoms with Crippen molar-refractivity contribution in [2.24, 2.45) is 0 Å². The van der Waals surface area contributed by atoms with Crippen molar-refractivity contribution in [3.8, 4) is 0 Å². The Hall–Kier alpha value is -0.220. The third-order valence-corrected chi connectivity index (χ3v) is 3.24. The molecule has 0 atom stereocenters. The zero-order chi connectivity index (χ0) is 12.7. The minimum atomic E-state index is -3.93.